The Morgan fingerprint density at radius 3 is 2.92 bits per heavy atom. The molecule has 0 aliphatic carbocycles. The first-order valence-electron chi connectivity index (χ1n) is 8.98. The van der Waals surface area contributed by atoms with E-state index in [0.29, 0.717) is 12.0 Å². The number of aromatic nitrogens is 1. The molecule has 25 heavy (non-hydrogen) atoms. The van der Waals surface area contributed by atoms with Crippen molar-refractivity contribution in [2.24, 2.45) is 0 Å². The van der Waals surface area contributed by atoms with Gasteiger partial charge in [0.05, 0.1) is 7.11 Å². The van der Waals surface area contributed by atoms with Crippen LogP contribution < -0.4 is 4.74 Å². The minimum Gasteiger partial charge on any atom is -0.497 e. The second-order valence-corrected chi connectivity index (χ2v) is 6.81. The number of ether oxygens (including phenoxy) is 1. The van der Waals surface area contributed by atoms with Gasteiger partial charge in [-0.3, -0.25) is 4.90 Å². The highest BCUT2D eigenvalue weighted by Crippen LogP contribution is 2.33. The number of rotatable bonds is 4. The van der Waals surface area contributed by atoms with E-state index < -0.39 is 0 Å². The van der Waals surface area contributed by atoms with Gasteiger partial charge in [-0.25, -0.2) is 4.98 Å². The number of methoxy groups -OCH3 is 1. The zero-order chi connectivity index (χ0) is 17.2. The maximum absolute atomic E-state index is 6.02. The SMILES string of the molecule is COc1cccc([C@@H](C)N2CCC[C@H](c3nc4ccccc4o3)C2)c1. The van der Waals surface area contributed by atoms with Gasteiger partial charge in [-0.05, 0) is 56.1 Å². The van der Waals surface area contributed by atoms with E-state index in [0.717, 1.165) is 48.7 Å². The van der Waals surface area contributed by atoms with E-state index in [1.807, 2.05) is 30.3 Å². The van der Waals surface area contributed by atoms with E-state index in [2.05, 4.69) is 30.0 Å². The van der Waals surface area contributed by atoms with Gasteiger partial charge in [-0.2, -0.15) is 0 Å². The average Bonchev–Trinajstić information content (AvgIpc) is 3.12. The van der Waals surface area contributed by atoms with Crippen molar-refractivity contribution in [2.45, 2.75) is 31.7 Å². The molecule has 0 bridgehead atoms. The molecule has 1 aliphatic heterocycles. The van der Waals surface area contributed by atoms with Crippen LogP contribution >= 0.6 is 0 Å². The topological polar surface area (TPSA) is 38.5 Å². The van der Waals surface area contributed by atoms with Gasteiger partial charge in [-0.15, -0.1) is 0 Å². The third-order valence-corrected chi connectivity index (χ3v) is 5.24. The summed E-state index contributed by atoms with van der Waals surface area (Å²) in [5.41, 5.74) is 3.13. The average molecular weight is 336 g/mol. The van der Waals surface area contributed by atoms with Gasteiger partial charge in [0.1, 0.15) is 11.3 Å². The lowest BCUT2D eigenvalue weighted by atomic mass is 9.95. The van der Waals surface area contributed by atoms with E-state index in [4.69, 9.17) is 14.1 Å². The minimum absolute atomic E-state index is 0.349. The molecule has 1 aromatic heterocycles. The van der Waals surface area contributed by atoms with Crippen LogP contribution in [0.2, 0.25) is 0 Å². The highest BCUT2D eigenvalue weighted by Gasteiger charge is 2.28. The highest BCUT2D eigenvalue weighted by molar-refractivity contribution is 5.72. The van der Waals surface area contributed by atoms with Crippen LogP contribution in [0.15, 0.2) is 52.9 Å². The number of para-hydroxylation sites is 2. The van der Waals surface area contributed by atoms with Crippen LogP contribution in [0, 0.1) is 0 Å². The van der Waals surface area contributed by atoms with Crippen molar-refractivity contribution < 1.29 is 9.15 Å². The first-order chi connectivity index (χ1) is 12.2. The number of fused-ring (bicyclic) bond motifs is 1. The molecule has 4 heteroatoms. The lowest BCUT2D eigenvalue weighted by molar-refractivity contribution is 0.149. The van der Waals surface area contributed by atoms with Crippen LogP contribution in [0.5, 0.6) is 5.75 Å². The van der Waals surface area contributed by atoms with Gasteiger partial charge < -0.3 is 9.15 Å². The van der Waals surface area contributed by atoms with E-state index >= 15 is 0 Å². The fraction of sp³-hybridized carbons (Fsp3) is 0.381. The first-order valence-corrected chi connectivity index (χ1v) is 8.98. The quantitative estimate of drug-likeness (QED) is 0.687. The van der Waals surface area contributed by atoms with Crippen molar-refractivity contribution >= 4 is 11.1 Å². The van der Waals surface area contributed by atoms with Gasteiger partial charge in [0.2, 0.25) is 0 Å². The van der Waals surface area contributed by atoms with Crippen molar-refractivity contribution in [3.05, 3.63) is 60.0 Å². The highest BCUT2D eigenvalue weighted by atomic mass is 16.5. The Balaban J connectivity index is 1.53. The monoisotopic (exact) mass is 336 g/mol. The van der Waals surface area contributed by atoms with Crippen LogP contribution in [0.25, 0.3) is 11.1 Å². The van der Waals surface area contributed by atoms with Gasteiger partial charge in [-0.1, -0.05) is 24.3 Å². The lowest BCUT2D eigenvalue weighted by Crippen LogP contribution is -2.36. The molecular weight excluding hydrogens is 312 g/mol. The number of hydrogen-bond acceptors (Lipinski definition) is 4. The summed E-state index contributed by atoms with van der Waals surface area (Å²) in [6.45, 7) is 4.35. The summed E-state index contributed by atoms with van der Waals surface area (Å²) >= 11 is 0. The largest absolute Gasteiger partial charge is 0.497 e. The van der Waals surface area contributed by atoms with Gasteiger partial charge in [0.15, 0.2) is 11.5 Å². The molecule has 0 saturated carbocycles. The number of oxazole rings is 1. The molecule has 0 radical (unpaired) electrons. The molecule has 4 nitrogen and oxygen atoms in total. The van der Waals surface area contributed by atoms with Crippen molar-refractivity contribution in [2.75, 3.05) is 20.2 Å². The Morgan fingerprint density at radius 2 is 2.08 bits per heavy atom. The zero-order valence-electron chi connectivity index (χ0n) is 14.8. The number of nitrogens with zero attached hydrogens (tertiary/aromatic N) is 2. The van der Waals surface area contributed by atoms with Crippen LogP contribution in [-0.4, -0.2) is 30.1 Å². The molecule has 2 aromatic carbocycles. The van der Waals surface area contributed by atoms with Crippen LogP contribution in [0.1, 0.15) is 43.2 Å². The fourth-order valence-corrected chi connectivity index (χ4v) is 3.74. The molecule has 0 spiro atoms. The number of benzene rings is 2. The molecule has 0 amide bonds. The maximum atomic E-state index is 6.02. The van der Waals surface area contributed by atoms with Gasteiger partial charge in [0, 0.05) is 18.5 Å². The zero-order valence-corrected chi connectivity index (χ0v) is 14.8. The smallest absolute Gasteiger partial charge is 0.199 e. The molecule has 1 fully saturated rings. The molecule has 0 N–H and O–H groups in total. The molecule has 2 atom stereocenters. The third-order valence-electron chi connectivity index (χ3n) is 5.24. The predicted molar refractivity (Wildman–Crippen MR) is 99.0 cm³/mol. The number of hydrogen-bond donors (Lipinski definition) is 0. The van der Waals surface area contributed by atoms with E-state index in [1.54, 1.807) is 7.11 Å². The molecule has 130 valence electrons. The number of likely N-dealkylation sites (tertiary alicyclic amines) is 1. The lowest BCUT2D eigenvalue weighted by Gasteiger charge is -2.36. The van der Waals surface area contributed by atoms with E-state index in [9.17, 15) is 0 Å². The Kier molecular flexibility index (Phi) is 4.45. The van der Waals surface area contributed by atoms with Crippen LogP contribution in [0.4, 0.5) is 0 Å². The Labute approximate surface area is 148 Å². The molecule has 3 aromatic rings. The standard InChI is InChI=1S/C21H24N2O2/c1-15(16-7-5-9-18(13-16)24-2)23-12-6-8-17(14-23)21-22-19-10-3-4-11-20(19)25-21/h3-5,7,9-11,13,15,17H,6,8,12,14H2,1-2H3/t15-,17+/m1/s1. The van der Waals surface area contributed by atoms with Gasteiger partial charge in [0.25, 0.3) is 0 Å². The molecule has 1 saturated heterocycles. The summed E-state index contributed by atoms with van der Waals surface area (Å²) in [4.78, 5) is 7.24. The fourth-order valence-electron chi connectivity index (χ4n) is 3.74. The van der Waals surface area contributed by atoms with Crippen LogP contribution in [-0.2, 0) is 0 Å². The Morgan fingerprint density at radius 1 is 1.20 bits per heavy atom. The second-order valence-electron chi connectivity index (χ2n) is 6.81. The van der Waals surface area contributed by atoms with Crippen molar-refractivity contribution in [1.82, 2.24) is 9.88 Å². The predicted octanol–water partition coefficient (Wildman–Crippen LogP) is 4.78. The van der Waals surface area contributed by atoms with Crippen LogP contribution in [0.3, 0.4) is 0 Å². The van der Waals surface area contributed by atoms with Gasteiger partial charge >= 0.3 is 0 Å². The summed E-state index contributed by atoms with van der Waals surface area (Å²) in [6.07, 6.45) is 2.30. The maximum Gasteiger partial charge on any atom is 0.199 e. The third kappa shape index (κ3) is 3.27. The van der Waals surface area contributed by atoms with E-state index in [-0.39, 0.29) is 0 Å². The minimum atomic E-state index is 0.349. The molecule has 2 heterocycles. The first kappa shape index (κ1) is 16.2. The molecule has 4 rings (SSSR count). The van der Waals surface area contributed by atoms with E-state index in [1.165, 1.54) is 5.56 Å². The summed E-state index contributed by atoms with van der Waals surface area (Å²) in [5, 5.41) is 0. The molecule has 1 aliphatic rings. The summed E-state index contributed by atoms with van der Waals surface area (Å²) in [5.74, 6) is 2.15. The summed E-state index contributed by atoms with van der Waals surface area (Å²) in [7, 11) is 1.72. The van der Waals surface area contributed by atoms with Crippen molar-refractivity contribution in [3.63, 3.8) is 0 Å². The Bertz CT molecular complexity index is 825. The summed E-state index contributed by atoms with van der Waals surface area (Å²) < 4.78 is 11.4. The molecule has 0 unspecified atom stereocenters. The second kappa shape index (κ2) is 6.89. The van der Waals surface area contributed by atoms with Crippen molar-refractivity contribution in [3.8, 4) is 5.75 Å². The van der Waals surface area contributed by atoms with Crippen molar-refractivity contribution in [1.29, 1.82) is 0 Å². The number of piperidine rings is 1. The molecular formula is C21H24N2O2. The normalized spacial score (nSPS) is 19.8. The summed E-state index contributed by atoms with van der Waals surface area (Å²) in [6, 6.07) is 16.7. The Hall–Kier alpha value is -2.33.